The summed E-state index contributed by atoms with van der Waals surface area (Å²) < 4.78 is 58.5. The van der Waals surface area contributed by atoms with E-state index in [1.54, 1.807) is 0 Å². The Kier molecular flexibility index (Phi) is 4.77. The Morgan fingerprint density at radius 2 is 1.95 bits per heavy atom. The van der Waals surface area contributed by atoms with Crippen molar-refractivity contribution in [1.82, 2.24) is 4.90 Å². The molecule has 0 aliphatic rings. The molecule has 5 nitrogen and oxygen atoms in total. The molecule has 0 aliphatic carbocycles. The Balaban J connectivity index is 2.87. The zero-order valence-corrected chi connectivity index (χ0v) is 11.3. The Morgan fingerprint density at radius 1 is 1.35 bits per heavy atom. The highest BCUT2D eigenvalue weighted by Gasteiger charge is 2.28. The fraction of sp³-hybridized carbons (Fsp3) is 0.364. The highest BCUT2D eigenvalue weighted by atomic mass is 32.2. The summed E-state index contributed by atoms with van der Waals surface area (Å²) in [6.07, 6.45) is -5.50. The molecule has 1 aromatic carbocycles. The number of hydrogen-bond donors (Lipinski definition) is 1. The highest BCUT2D eigenvalue weighted by molar-refractivity contribution is 7.89. The smallest absolute Gasteiger partial charge is 0.341 e. The average molecular weight is 310 g/mol. The van der Waals surface area contributed by atoms with Gasteiger partial charge in [0.05, 0.1) is 11.3 Å². The van der Waals surface area contributed by atoms with Crippen LogP contribution in [0.15, 0.2) is 29.2 Å². The van der Waals surface area contributed by atoms with Gasteiger partial charge in [-0.25, -0.2) is 13.6 Å². The molecule has 0 aliphatic heterocycles. The van der Waals surface area contributed by atoms with Crippen LogP contribution < -0.4 is 5.14 Å². The van der Waals surface area contributed by atoms with Gasteiger partial charge < -0.3 is 4.90 Å². The van der Waals surface area contributed by atoms with Gasteiger partial charge in [0, 0.05) is 19.2 Å². The van der Waals surface area contributed by atoms with Crippen molar-refractivity contribution in [1.29, 1.82) is 0 Å². The number of alkyl halides is 3. The largest absolute Gasteiger partial charge is 0.390 e. The van der Waals surface area contributed by atoms with E-state index in [4.69, 9.17) is 5.14 Å². The molecule has 112 valence electrons. The third-order valence-corrected chi connectivity index (χ3v) is 3.40. The van der Waals surface area contributed by atoms with Gasteiger partial charge in [-0.05, 0) is 18.2 Å². The van der Waals surface area contributed by atoms with Crippen LogP contribution in [0.3, 0.4) is 0 Å². The van der Waals surface area contributed by atoms with Gasteiger partial charge in [-0.1, -0.05) is 6.07 Å². The number of hydrogen-bond acceptors (Lipinski definition) is 3. The lowest BCUT2D eigenvalue weighted by molar-refractivity contribution is -0.136. The first kappa shape index (κ1) is 16.4. The van der Waals surface area contributed by atoms with Crippen molar-refractivity contribution in [2.75, 3.05) is 13.6 Å². The van der Waals surface area contributed by atoms with Gasteiger partial charge in [0.1, 0.15) is 0 Å². The van der Waals surface area contributed by atoms with Crippen molar-refractivity contribution in [3.63, 3.8) is 0 Å². The van der Waals surface area contributed by atoms with Crippen molar-refractivity contribution in [3.8, 4) is 0 Å². The third kappa shape index (κ3) is 4.82. The summed E-state index contributed by atoms with van der Waals surface area (Å²) in [7, 11) is -2.76. The number of nitrogens with zero attached hydrogens (tertiary/aromatic N) is 1. The number of rotatable bonds is 4. The molecule has 0 saturated heterocycles. The molecule has 0 aromatic heterocycles. The summed E-state index contributed by atoms with van der Waals surface area (Å²) in [5.41, 5.74) is -0.0406. The molecule has 2 N–H and O–H groups in total. The molecule has 0 radical (unpaired) electrons. The fourth-order valence-electron chi connectivity index (χ4n) is 1.42. The van der Waals surface area contributed by atoms with Crippen molar-refractivity contribution >= 4 is 15.9 Å². The lowest BCUT2D eigenvalue weighted by atomic mass is 10.2. The molecule has 20 heavy (non-hydrogen) atoms. The third-order valence-electron chi connectivity index (χ3n) is 2.49. The predicted molar refractivity (Wildman–Crippen MR) is 65.4 cm³/mol. The number of benzene rings is 1. The van der Waals surface area contributed by atoms with Gasteiger partial charge in [0.15, 0.2) is 0 Å². The van der Waals surface area contributed by atoms with Crippen molar-refractivity contribution in [2.45, 2.75) is 17.5 Å². The summed E-state index contributed by atoms with van der Waals surface area (Å²) in [6.45, 7) is -0.512. The predicted octanol–water partition coefficient (Wildman–Crippen LogP) is 1.36. The number of carbonyl (C=O) groups excluding carboxylic acids is 1. The molecule has 0 spiro atoms. The molecule has 0 unspecified atom stereocenters. The second kappa shape index (κ2) is 5.80. The molecule has 0 heterocycles. The first-order valence-corrected chi connectivity index (χ1v) is 7.00. The first-order valence-electron chi connectivity index (χ1n) is 5.46. The van der Waals surface area contributed by atoms with Crippen LogP contribution in [-0.2, 0) is 10.0 Å². The fourth-order valence-corrected chi connectivity index (χ4v) is 1.98. The van der Waals surface area contributed by atoms with Crippen LogP contribution in [0.4, 0.5) is 13.2 Å². The molecule has 0 fully saturated rings. The van der Waals surface area contributed by atoms with Crippen LogP contribution in [-0.4, -0.2) is 39.0 Å². The summed E-state index contributed by atoms with van der Waals surface area (Å²) >= 11 is 0. The molecule has 0 atom stereocenters. The molecule has 1 amide bonds. The topological polar surface area (TPSA) is 80.5 Å². The zero-order chi connectivity index (χ0) is 15.6. The second-order valence-corrected chi connectivity index (χ2v) is 5.73. The van der Waals surface area contributed by atoms with E-state index in [2.05, 4.69) is 0 Å². The number of carbonyl (C=O) groups is 1. The van der Waals surface area contributed by atoms with Gasteiger partial charge in [-0.15, -0.1) is 0 Å². The van der Waals surface area contributed by atoms with Crippen LogP contribution in [0.1, 0.15) is 16.8 Å². The molecule has 0 bridgehead atoms. The monoisotopic (exact) mass is 310 g/mol. The second-order valence-electron chi connectivity index (χ2n) is 4.16. The Morgan fingerprint density at radius 3 is 2.45 bits per heavy atom. The maximum atomic E-state index is 12.1. The Labute approximate surface area is 114 Å². The maximum Gasteiger partial charge on any atom is 0.390 e. The first-order chi connectivity index (χ1) is 9.00. The van der Waals surface area contributed by atoms with Crippen molar-refractivity contribution < 1.29 is 26.4 Å². The normalized spacial score (nSPS) is 12.2. The van der Waals surface area contributed by atoms with Crippen molar-refractivity contribution in [3.05, 3.63) is 29.8 Å². The molecule has 1 rings (SSSR count). The molecule has 9 heteroatoms. The quantitative estimate of drug-likeness (QED) is 0.911. The average Bonchev–Trinajstić information content (AvgIpc) is 2.33. The minimum absolute atomic E-state index is 0.0406. The summed E-state index contributed by atoms with van der Waals surface area (Å²) in [6, 6.07) is 4.83. The number of halogens is 3. The molecular formula is C11H13F3N2O3S. The molecular weight excluding hydrogens is 297 g/mol. The lowest BCUT2D eigenvalue weighted by Crippen LogP contribution is -2.30. The van der Waals surface area contributed by atoms with E-state index < -0.39 is 35.1 Å². The zero-order valence-electron chi connectivity index (χ0n) is 10.5. The number of amides is 1. The summed E-state index contributed by atoms with van der Waals surface area (Å²) in [4.78, 5) is 12.5. The minimum Gasteiger partial charge on any atom is -0.341 e. The Hall–Kier alpha value is -1.61. The highest BCUT2D eigenvalue weighted by Crippen LogP contribution is 2.20. The number of sulfonamides is 1. The standard InChI is InChI=1S/C11H13F3N2O3S/c1-16(6-5-11(12,13)14)10(17)8-3-2-4-9(7-8)20(15,18)19/h2-4,7H,5-6H2,1H3,(H2,15,18,19). The minimum atomic E-state index is -4.36. The van der Waals surface area contributed by atoms with Gasteiger partial charge >= 0.3 is 6.18 Å². The van der Waals surface area contributed by atoms with E-state index in [9.17, 15) is 26.4 Å². The molecule has 1 aromatic rings. The van der Waals surface area contributed by atoms with Crippen LogP contribution >= 0.6 is 0 Å². The van der Waals surface area contributed by atoms with Crippen LogP contribution in [0.5, 0.6) is 0 Å². The van der Waals surface area contributed by atoms with E-state index in [0.717, 1.165) is 11.0 Å². The number of primary sulfonamides is 1. The molecule has 0 saturated carbocycles. The van der Waals surface area contributed by atoms with E-state index in [1.165, 1.54) is 25.2 Å². The van der Waals surface area contributed by atoms with Gasteiger partial charge in [0.25, 0.3) is 5.91 Å². The summed E-state index contributed by atoms with van der Waals surface area (Å²) in [5.74, 6) is -0.709. The van der Waals surface area contributed by atoms with E-state index in [0.29, 0.717) is 0 Å². The van der Waals surface area contributed by atoms with E-state index >= 15 is 0 Å². The Bertz CT molecular complexity index is 599. The number of nitrogens with two attached hydrogens (primary N) is 1. The lowest BCUT2D eigenvalue weighted by Gasteiger charge is -2.18. The van der Waals surface area contributed by atoms with E-state index in [1.807, 2.05) is 0 Å². The maximum absolute atomic E-state index is 12.1. The van der Waals surface area contributed by atoms with Crippen LogP contribution in [0.25, 0.3) is 0 Å². The van der Waals surface area contributed by atoms with Gasteiger partial charge in [-0.2, -0.15) is 13.2 Å². The summed E-state index contributed by atoms with van der Waals surface area (Å²) in [5, 5.41) is 4.92. The van der Waals surface area contributed by atoms with Crippen LogP contribution in [0, 0.1) is 0 Å². The van der Waals surface area contributed by atoms with Crippen LogP contribution in [0.2, 0.25) is 0 Å². The van der Waals surface area contributed by atoms with Gasteiger partial charge in [-0.3, -0.25) is 4.79 Å². The van der Waals surface area contributed by atoms with Gasteiger partial charge in [0.2, 0.25) is 10.0 Å². The SMILES string of the molecule is CN(CCC(F)(F)F)C(=O)c1cccc(S(N)(=O)=O)c1. The van der Waals surface area contributed by atoms with Crippen molar-refractivity contribution in [2.24, 2.45) is 5.14 Å². The van der Waals surface area contributed by atoms with E-state index in [-0.39, 0.29) is 10.5 Å².